The van der Waals surface area contributed by atoms with Crippen LogP contribution in [0.1, 0.15) is 26.3 Å². The average molecular weight is 349 g/mol. The van der Waals surface area contributed by atoms with Crippen LogP contribution in [0.25, 0.3) is 0 Å². The topological polar surface area (TPSA) is 71.1 Å². The summed E-state index contributed by atoms with van der Waals surface area (Å²) in [5, 5.41) is 5.43. The predicted molar refractivity (Wildman–Crippen MR) is 97.7 cm³/mol. The lowest BCUT2D eigenvalue weighted by Crippen LogP contribution is -2.16. The van der Waals surface area contributed by atoms with Crippen LogP contribution in [-0.2, 0) is 0 Å². The van der Waals surface area contributed by atoms with E-state index in [0.717, 1.165) is 5.56 Å². The van der Waals surface area contributed by atoms with Crippen LogP contribution in [0.5, 0.6) is 0 Å². The first-order valence-corrected chi connectivity index (χ1v) is 7.92. The number of benzene rings is 2. The third-order valence-corrected chi connectivity index (χ3v) is 3.76. The minimum absolute atomic E-state index is 0.228. The van der Waals surface area contributed by atoms with E-state index in [0.29, 0.717) is 11.4 Å². The highest BCUT2D eigenvalue weighted by molar-refractivity contribution is 6.08. The summed E-state index contributed by atoms with van der Waals surface area (Å²) in [6.07, 6.45) is 2.76. The maximum absolute atomic E-state index is 12.9. The van der Waals surface area contributed by atoms with Gasteiger partial charge in [0.2, 0.25) is 0 Å². The molecule has 2 amide bonds. The van der Waals surface area contributed by atoms with Crippen molar-refractivity contribution in [3.63, 3.8) is 0 Å². The molecule has 0 radical (unpaired) electrons. The molecular formula is C20H16FN3O2. The Balaban J connectivity index is 1.75. The van der Waals surface area contributed by atoms with E-state index in [4.69, 9.17) is 0 Å². The van der Waals surface area contributed by atoms with Crippen LogP contribution >= 0.6 is 0 Å². The van der Waals surface area contributed by atoms with E-state index in [1.165, 1.54) is 42.7 Å². The Bertz CT molecular complexity index is 955. The van der Waals surface area contributed by atoms with Gasteiger partial charge in [-0.25, -0.2) is 4.39 Å². The molecule has 1 aromatic heterocycles. The molecule has 0 aliphatic heterocycles. The monoisotopic (exact) mass is 349 g/mol. The number of para-hydroxylation sites is 1. The number of hydrogen-bond donors (Lipinski definition) is 2. The van der Waals surface area contributed by atoms with Crippen molar-refractivity contribution in [2.75, 3.05) is 10.6 Å². The van der Waals surface area contributed by atoms with Gasteiger partial charge in [-0.15, -0.1) is 0 Å². The molecule has 2 aromatic carbocycles. The second-order valence-electron chi connectivity index (χ2n) is 5.69. The molecule has 3 aromatic rings. The third-order valence-electron chi connectivity index (χ3n) is 3.76. The Kier molecular flexibility index (Phi) is 5.03. The molecule has 0 saturated carbocycles. The van der Waals surface area contributed by atoms with Crippen molar-refractivity contribution in [2.45, 2.75) is 6.92 Å². The number of rotatable bonds is 4. The van der Waals surface area contributed by atoms with Gasteiger partial charge in [-0.1, -0.05) is 18.2 Å². The van der Waals surface area contributed by atoms with Crippen LogP contribution < -0.4 is 10.6 Å². The summed E-state index contributed by atoms with van der Waals surface area (Å²) in [5.41, 5.74) is 2.57. The van der Waals surface area contributed by atoms with Crippen LogP contribution in [0.4, 0.5) is 15.8 Å². The number of aryl methyl sites for hydroxylation is 1. The predicted octanol–water partition coefficient (Wildman–Crippen LogP) is 4.03. The molecule has 1 heterocycles. The SMILES string of the molecule is Cc1ccccc1NC(=O)c1cncc(C(=O)Nc2ccc(F)cc2)c1. The number of nitrogens with zero attached hydrogens (tertiary/aromatic N) is 1. The summed E-state index contributed by atoms with van der Waals surface area (Å²) in [6, 6.07) is 14.3. The van der Waals surface area contributed by atoms with Crippen molar-refractivity contribution in [1.82, 2.24) is 4.98 Å². The molecule has 0 bridgehead atoms. The minimum Gasteiger partial charge on any atom is -0.322 e. The highest BCUT2D eigenvalue weighted by Gasteiger charge is 2.12. The quantitative estimate of drug-likeness (QED) is 0.747. The van der Waals surface area contributed by atoms with Gasteiger partial charge in [-0.3, -0.25) is 14.6 Å². The standard InChI is InChI=1S/C20H16FN3O2/c1-13-4-2-3-5-18(13)24-20(26)15-10-14(11-22-12-15)19(25)23-17-8-6-16(21)7-9-17/h2-12H,1H3,(H,23,25)(H,24,26). The van der Waals surface area contributed by atoms with E-state index < -0.39 is 5.91 Å². The van der Waals surface area contributed by atoms with Crippen LogP contribution in [-0.4, -0.2) is 16.8 Å². The fourth-order valence-corrected chi connectivity index (χ4v) is 2.33. The van der Waals surface area contributed by atoms with Crippen molar-refractivity contribution in [2.24, 2.45) is 0 Å². The molecule has 0 aliphatic rings. The molecule has 130 valence electrons. The molecule has 3 rings (SSSR count). The van der Waals surface area contributed by atoms with Gasteiger partial charge in [0.1, 0.15) is 5.82 Å². The summed E-state index contributed by atoms with van der Waals surface area (Å²) in [4.78, 5) is 28.7. The first kappa shape index (κ1) is 17.3. The number of hydrogen-bond acceptors (Lipinski definition) is 3. The molecule has 26 heavy (non-hydrogen) atoms. The van der Waals surface area contributed by atoms with Crippen molar-refractivity contribution < 1.29 is 14.0 Å². The van der Waals surface area contributed by atoms with Crippen LogP contribution in [0, 0.1) is 12.7 Å². The fraction of sp³-hybridized carbons (Fsp3) is 0.0500. The largest absolute Gasteiger partial charge is 0.322 e. The number of amides is 2. The maximum atomic E-state index is 12.9. The van der Waals surface area contributed by atoms with E-state index in [2.05, 4.69) is 15.6 Å². The number of halogens is 1. The summed E-state index contributed by atoms with van der Waals surface area (Å²) in [7, 11) is 0. The second-order valence-corrected chi connectivity index (χ2v) is 5.69. The Hall–Kier alpha value is -3.54. The number of carbonyl (C=O) groups excluding carboxylic acids is 2. The van der Waals surface area contributed by atoms with E-state index in [9.17, 15) is 14.0 Å². The lowest BCUT2D eigenvalue weighted by molar-refractivity contribution is 0.102. The smallest absolute Gasteiger partial charge is 0.257 e. The molecule has 5 nitrogen and oxygen atoms in total. The highest BCUT2D eigenvalue weighted by Crippen LogP contribution is 2.15. The van der Waals surface area contributed by atoms with E-state index in [-0.39, 0.29) is 22.9 Å². The second kappa shape index (κ2) is 7.57. The molecular weight excluding hydrogens is 333 g/mol. The molecule has 2 N–H and O–H groups in total. The molecule has 0 aliphatic carbocycles. The maximum Gasteiger partial charge on any atom is 0.257 e. The fourth-order valence-electron chi connectivity index (χ4n) is 2.33. The van der Waals surface area contributed by atoms with Crippen LogP contribution in [0.3, 0.4) is 0 Å². The highest BCUT2D eigenvalue weighted by atomic mass is 19.1. The van der Waals surface area contributed by atoms with Gasteiger partial charge >= 0.3 is 0 Å². The molecule has 0 atom stereocenters. The van der Waals surface area contributed by atoms with E-state index in [1.54, 1.807) is 6.07 Å². The third kappa shape index (κ3) is 4.10. The molecule has 0 fully saturated rings. The lowest BCUT2D eigenvalue weighted by Gasteiger charge is -2.09. The van der Waals surface area contributed by atoms with Gasteiger partial charge in [-0.2, -0.15) is 0 Å². The minimum atomic E-state index is -0.436. The molecule has 0 spiro atoms. The normalized spacial score (nSPS) is 10.2. The van der Waals surface area contributed by atoms with Crippen LogP contribution in [0.15, 0.2) is 67.0 Å². The molecule has 6 heteroatoms. The number of nitrogens with one attached hydrogen (secondary N) is 2. The average Bonchev–Trinajstić information content (AvgIpc) is 2.65. The van der Waals surface area contributed by atoms with Gasteiger partial charge in [0, 0.05) is 23.8 Å². The van der Waals surface area contributed by atoms with Crippen molar-refractivity contribution >= 4 is 23.2 Å². The van der Waals surface area contributed by atoms with E-state index in [1.807, 2.05) is 25.1 Å². The zero-order chi connectivity index (χ0) is 18.5. The number of pyridine rings is 1. The molecule has 0 saturated heterocycles. The van der Waals surface area contributed by atoms with Crippen molar-refractivity contribution in [3.8, 4) is 0 Å². The van der Waals surface area contributed by atoms with Crippen molar-refractivity contribution in [3.05, 3.63) is 89.5 Å². The Morgan fingerprint density at radius 3 is 2.15 bits per heavy atom. The van der Waals surface area contributed by atoms with Gasteiger partial charge < -0.3 is 10.6 Å². The summed E-state index contributed by atoms with van der Waals surface area (Å²) in [5.74, 6) is -1.18. The number of anilines is 2. The van der Waals surface area contributed by atoms with E-state index >= 15 is 0 Å². The summed E-state index contributed by atoms with van der Waals surface area (Å²) in [6.45, 7) is 1.89. The number of carbonyl (C=O) groups is 2. The molecule has 0 unspecified atom stereocenters. The number of aromatic nitrogens is 1. The van der Waals surface area contributed by atoms with Gasteiger partial charge in [0.25, 0.3) is 11.8 Å². The first-order valence-electron chi connectivity index (χ1n) is 7.92. The lowest BCUT2D eigenvalue weighted by atomic mass is 10.1. The zero-order valence-electron chi connectivity index (χ0n) is 14.0. The summed E-state index contributed by atoms with van der Waals surface area (Å²) < 4.78 is 12.9. The van der Waals surface area contributed by atoms with Crippen molar-refractivity contribution in [1.29, 1.82) is 0 Å². The van der Waals surface area contributed by atoms with Gasteiger partial charge in [0.05, 0.1) is 11.1 Å². The summed E-state index contributed by atoms with van der Waals surface area (Å²) >= 11 is 0. The Morgan fingerprint density at radius 1 is 0.885 bits per heavy atom. The Labute approximate surface area is 149 Å². The van der Waals surface area contributed by atoms with Gasteiger partial charge in [-0.05, 0) is 48.9 Å². The zero-order valence-corrected chi connectivity index (χ0v) is 14.0. The van der Waals surface area contributed by atoms with Gasteiger partial charge in [0.15, 0.2) is 0 Å². The first-order chi connectivity index (χ1) is 12.5. The Morgan fingerprint density at radius 2 is 1.50 bits per heavy atom. The van der Waals surface area contributed by atoms with Crippen LogP contribution in [0.2, 0.25) is 0 Å².